The fourth-order valence-electron chi connectivity index (χ4n) is 1.21. The Morgan fingerprint density at radius 1 is 1.24 bits per heavy atom. The minimum atomic E-state index is 0.225. The standard InChI is InChI=1S/C11H8ClIN2O2/c1-16-9-10(12)14-6-15-11(9)17-8-5-3-2-4-7(8)13/h2-6H,1H3. The molecule has 0 atom stereocenters. The molecule has 1 aromatic carbocycles. The van der Waals surface area contributed by atoms with Gasteiger partial charge in [-0.05, 0) is 34.7 Å². The van der Waals surface area contributed by atoms with Gasteiger partial charge in [-0.25, -0.2) is 4.98 Å². The number of nitrogens with zero attached hydrogens (tertiary/aromatic N) is 2. The molecule has 0 saturated carbocycles. The first-order valence-corrected chi connectivity index (χ1v) is 6.15. The van der Waals surface area contributed by atoms with Crippen molar-refractivity contribution in [3.63, 3.8) is 0 Å². The molecule has 0 aliphatic rings. The van der Waals surface area contributed by atoms with E-state index >= 15 is 0 Å². The molecule has 1 heterocycles. The van der Waals surface area contributed by atoms with Gasteiger partial charge in [-0.2, -0.15) is 4.98 Å². The fraction of sp³-hybridized carbons (Fsp3) is 0.0909. The molecule has 4 nitrogen and oxygen atoms in total. The molecule has 0 aliphatic carbocycles. The average Bonchev–Trinajstić information content (AvgIpc) is 2.32. The molecule has 2 rings (SSSR count). The van der Waals surface area contributed by atoms with Crippen LogP contribution in [0.2, 0.25) is 5.15 Å². The van der Waals surface area contributed by atoms with Crippen LogP contribution in [-0.2, 0) is 0 Å². The number of aromatic nitrogens is 2. The van der Waals surface area contributed by atoms with Crippen molar-refractivity contribution in [1.29, 1.82) is 0 Å². The van der Waals surface area contributed by atoms with E-state index in [4.69, 9.17) is 21.1 Å². The quantitative estimate of drug-likeness (QED) is 0.619. The highest BCUT2D eigenvalue weighted by Gasteiger charge is 2.13. The molecule has 0 unspecified atom stereocenters. The monoisotopic (exact) mass is 362 g/mol. The summed E-state index contributed by atoms with van der Waals surface area (Å²) in [6, 6.07) is 7.59. The molecule has 2 aromatic rings. The lowest BCUT2D eigenvalue weighted by molar-refractivity contribution is 0.366. The second-order valence-corrected chi connectivity index (χ2v) is 4.56. The summed E-state index contributed by atoms with van der Waals surface area (Å²) in [7, 11) is 1.49. The topological polar surface area (TPSA) is 44.2 Å². The van der Waals surface area contributed by atoms with Crippen LogP contribution in [0.3, 0.4) is 0 Å². The molecular formula is C11H8ClIN2O2. The zero-order chi connectivity index (χ0) is 12.3. The molecule has 0 fully saturated rings. The molecule has 1 aromatic heterocycles. The van der Waals surface area contributed by atoms with E-state index in [0.717, 1.165) is 3.57 Å². The zero-order valence-electron chi connectivity index (χ0n) is 8.85. The van der Waals surface area contributed by atoms with Crippen LogP contribution >= 0.6 is 34.2 Å². The summed E-state index contributed by atoms with van der Waals surface area (Å²) in [5.41, 5.74) is 0. The molecule has 0 amide bonds. The summed E-state index contributed by atoms with van der Waals surface area (Å²) in [5.74, 6) is 1.33. The molecule has 0 spiro atoms. The summed E-state index contributed by atoms with van der Waals surface area (Å²) in [6.07, 6.45) is 1.33. The Morgan fingerprint density at radius 2 is 2.00 bits per heavy atom. The van der Waals surface area contributed by atoms with Crippen molar-refractivity contribution in [3.05, 3.63) is 39.3 Å². The smallest absolute Gasteiger partial charge is 0.267 e. The SMILES string of the molecule is COc1c(Cl)ncnc1Oc1ccccc1I. The Bertz CT molecular complexity index is 537. The van der Waals surface area contributed by atoms with Gasteiger partial charge in [0.05, 0.1) is 10.7 Å². The minimum Gasteiger partial charge on any atom is -0.489 e. The number of rotatable bonds is 3. The van der Waals surface area contributed by atoms with Crippen LogP contribution in [0.4, 0.5) is 0 Å². The van der Waals surface area contributed by atoms with Crippen LogP contribution in [0.5, 0.6) is 17.4 Å². The molecular weight excluding hydrogens is 354 g/mol. The van der Waals surface area contributed by atoms with Gasteiger partial charge in [0.2, 0.25) is 5.75 Å². The lowest BCUT2D eigenvalue weighted by atomic mass is 10.3. The Balaban J connectivity index is 2.37. The fourth-order valence-corrected chi connectivity index (χ4v) is 1.91. The summed E-state index contributed by atoms with van der Waals surface area (Å²) in [5, 5.41) is 0.225. The van der Waals surface area contributed by atoms with Crippen LogP contribution in [0, 0.1) is 3.57 Å². The summed E-state index contributed by atoms with van der Waals surface area (Å²) in [4.78, 5) is 7.82. The highest BCUT2D eigenvalue weighted by Crippen LogP contribution is 2.34. The maximum Gasteiger partial charge on any atom is 0.267 e. The zero-order valence-corrected chi connectivity index (χ0v) is 11.8. The van der Waals surface area contributed by atoms with Gasteiger partial charge in [-0.1, -0.05) is 23.7 Å². The Hall–Kier alpha value is -1.08. The highest BCUT2D eigenvalue weighted by atomic mass is 127. The van der Waals surface area contributed by atoms with Gasteiger partial charge in [0.25, 0.3) is 5.88 Å². The normalized spacial score (nSPS) is 10.1. The van der Waals surface area contributed by atoms with Crippen molar-refractivity contribution in [2.24, 2.45) is 0 Å². The van der Waals surface area contributed by atoms with Gasteiger partial charge >= 0.3 is 0 Å². The van der Waals surface area contributed by atoms with E-state index in [1.165, 1.54) is 13.4 Å². The molecule has 0 N–H and O–H groups in total. The maximum atomic E-state index is 5.88. The van der Waals surface area contributed by atoms with E-state index in [1.54, 1.807) is 0 Å². The molecule has 0 aliphatic heterocycles. The van der Waals surface area contributed by atoms with E-state index in [0.29, 0.717) is 17.4 Å². The molecule has 0 radical (unpaired) electrons. The largest absolute Gasteiger partial charge is 0.489 e. The Labute approximate surface area is 117 Å². The van der Waals surface area contributed by atoms with Gasteiger partial charge < -0.3 is 9.47 Å². The first kappa shape index (κ1) is 12.4. The van der Waals surface area contributed by atoms with Gasteiger partial charge in [-0.15, -0.1) is 0 Å². The molecule has 17 heavy (non-hydrogen) atoms. The van der Waals surface area contributed by atoms with E-state index < -0.39 is 0 Å². The first-order chi connectivity index (χ1) is 8.22. The van der Waals surface area contributed by atoms with Gasteiger partial charge in [0, 0.05) is 0 Å². The number of halogens is 2. The van der Waals surface area contributed by atoms with Crippen LogP contribution in [0.1, 0.15) is 0 Å². The van der Waals surface area contributed by atoms with Gasteiger partial charge in [0.1, 0.15) is 12.1 Å². The van der Waals surface area contributed by atoms with Crippen molar-refractivity contribution < 1.29 is 9.47 Å². The summed E-state index contributed by atoms with van der Waals surface area (Å²) < 4.78 is 11.7. The number of hydrogen-bond donors (Lipinski definition) is 0. The van der Waals surface area contributed by atoms with E-state index in [1.807, 2.05) is 24.3 Å². The predicted octanol–water partition coefficient (Wildman–Crippen LogP) is 3.54. The maximum absolute atomic E-state index is 5.88. The second-order valence-electron chi connectivity index (χ2n) is 3.04. The van der Waals surface area contributed by atoms with Crippen molar-refractivity contribution >= 4 is 34.2 Å². The van der Waals surface area contributed by atoms with E-state index in [2.05, 4.69) is 32.6 Å². The molecule has 6 heteroatoms. The number of para-hydroxylation sites is 1. The highest BCUT2D eigenvalue weighted by molar-refractivity contribution is 14.1. The number of benzene rings is 1. The Kier molecular flexibility index (Phi) is 4.01. The third-order valence-electron chi connectivity index (χ3n) is 1.98. The number of methoxy groups -OCH3 is 1. The molecule has 0 saturated heterocycles. The molecule has 88 valence electrons. The van der Waals surface area contributed by atoms with Crippen molar-refractivity contribution in [3.8, 4) is 17.4 Å². The van der Waals surface area contributed by atoms with Gasteiger partial charge in [-0.3, -0.25) is 0 Å². The minimum absolute atomic E-state index is 0.225. The number of ether oxygens (including phenoxy) is 2. The Morgan fingerprint density at radius 3 is 2.71 bits per heavy atom. The van der Waals surface area contributed by atoms with Crippen molar-refractivity contribution in [2.75, 3.05) is 7.11 Å². The van der Waals surface area contributed by atoms with Crippen molar-refractivity contribution in [2.45, 2.75) is 0 Å². The average molecular weight is 363 g/mol. The van der Waals surface area contributed by atoms with E-state index in [-0.39, 0.29) is 5.15 Å². The van der Waals surface area contributed by atoms with Crippen molar-refractivity contribution in [1.82, 2.24) is 9.97 Å². The van der Waals surface area contributed by atoms with E-state index in [9.17, 15) is 0 Å². The van der Waals surface area contributed by atoms with Crippen LogP contribution in [0.25, 0.3) is 0 Å². The third-order valence-corrected chi connectivity index (χ3v) is 3.14. The number of hydrogen-bond acceptors (Lipinski definition) is 4. The second kappa shape index (κ2) is 5.50. The molecule has 0 bridgehead atoms. The first-order valence-electron chi connectivity index (χ1n) is 4.69. The lowest BCUT2D eigenvalue weighted by Gasteiger charge is -2.10. The van der Waals surface area contributed by atoms with Crippen LogP contribution in [0.15, 0.2) is 30.6 Å². The van der Waals surface area contributed by atoms with Crippen LogP contribution < -0.4 is 9.47 Å². The third kappa shape index (κ3) is 2.78. The lowest BCUT2D eigenvalue weighted by Crippen LogP contribution is -1.96. The predicted molar refractivity (Wildman–Crippen MR) is 72.8 cm³/mol. The van der Waals surface area contributed by atoms with Gasteiger partial charge in [0.15, 0.2) is 5.15 Å². The summed E-state index contributed by atoms with van der Waals surface area (Å²) in [6.45, 7) is 0. The summed E-state index contributed by atoms with van der Waals surface area (Å²) >= 11 is 8.05. The van der Waals surface area contributed by atoms with Crippen LogP contribution in [-0.4, -0.2) is 17.1 Å².